The van der Waals surface area contributed by atoms with Gasteiger partial charge in [-0.15, -0.1) is 0 Å². The summed E-state index contributed by atoms with van der Waals surface area (Å²) in [5.74, 6) is 0.698. The summed E-state index contributed by atoms with van der Waals surface area (Å²) in [6, 6.07) is 0. The van der Waals surface area contributed by atoms with E-state index in [-0.39, 0.29) is 0 Å². The van der Waals surface area contributed by atoms with Gasteiger partial charge in [-0.2, -0.15) is 5.10 Å². The summed E-state index contributed by atoms with van der Waals surface area (Å²) in [7, 11) is 2.07. The summed E-state index contributed by atoms with van der Waals surface area (Å²) in [4.78, 5) is 0.694. The Kier molecular flexibility index (Phi) is 3.49. The molecule has 1 aliphatic carbocycles. The van der Waals surface area contributed by atoms with Crippen molar-refractivity contribution in [2.24, 2.45) is 7.05 Å². The number of aryl methyl sites for hydroxylation is 2. The third kappa shape index (κ3) is 2.44. The van der Waals surface area contributed by atoms with Crippen molar-refractivity contribution >= 4 is 15.9 Å². The van der Waals surface area contributed by atoms with E-state index >= 15 is 0 Å². The minimum absolute atomic E-state index is 0.694. The zero-order chi connectivity index (χ0) is 10.8. The molecule has 0 bridgehead atoms. The minimum atomic E-state index is 0.694. The van der Waals surface area contributed by atoms with Gasteiger partial charge in [0.1, 0.15) is 0 Å². The Bertz CT molecular complexity index is 313. The van der Waals surface area contributed by atoms with Crippen LogP contribution in [0.15, 0.2) is 6.20 Å². The van der Waals surface area contributed by atoms with Gasteiger partial charge in [-0.3, -0.25) is 4.68 Å². The Labute approximate surface area is 100 Å². The Hall–Kier alpha value is -0.310. The van der Waals surface area contributed by atoms with Crippen LogP contribution in [0.25, 0.3) is 0 Å². The number of alkyl halides is 1. The van der Waals surface area contributed by atoms with E-state index in [2.05, 4.69) is 39.7 Å². The molecule has 1 aromatic rings. The standard InChI is InChI=1S/C12H19BrN2/c1-9-8-14-15(2)12(9)10-5-3-4-6-11(13)7-10/h8,10-11H,3-7H2,1-2H3. The highest BCUT2D eigenvalue weighted by molar-refractivity contribution is 9.09. The lowest BCUT2D eigenvalue weighted by Gasteiger charge is -2.17. The van der Waals surface area contributed by atoms with Crippen LogP contribution in [0.3, 0.4) is 0 Å². The summed E-state index contributed by atoms with van der Waals surface area (Å²) < 4.78 is 2.06. The second-order valence-corrected chi connectivity index (χ2v) is 5.95. The van der Waals surface area contributed by atoms with E-state index < -0.39 is 0 Å². The highest BCUT2D eigenvalue weighted by Crippen LogP contribution is 2.35. The summed E-state index contributed by atoms with van der Waals surface area (Å²) in [6.07, 6.45) is 8.63. The molecule has 2 unspecified atom stereocenters. The van der Waals surface area contributed by atoms with Crippen LogP contribution >= 0.6 is 15.9 Å². The molecule has 1 saturated carbocycles. The van der Waals surface area contributed by atoms with Crippen LogP contribution in [0.4, 0.5) is 0 Å². The molecular weight excluding hydrogens is 252 g/mol. The van der Waals surface area contributed by atoms with E-state index in [0.717, 1.165) is 0 Å². The minimum Gasteiger partial charge on any atom is -0.272 e. The average molecular weight is 271 g/mol. The van der Waals surface area contributed by atoms with Crippen LogP contribution in [0, 0.1) is 6.92 Å². The van der Waals surface area contributed by atoms with Gasteiger partial charge in [0.05, 0.1) is 6.20 Å². The summed E-state index contributed by atoms with van der Waals surface area (Å²) >= 11 is 3.78. The Balaban J connectivity index is 2.21. The van der Waals surface area contributed by atoms with Gasteiger partial charge in [0, 0.05) is 23.5 Å². The van der Waals surface area contributed by atoms with E-state index in [1.807, 2.05) is 6.20 Å². The predicted molar refractivity (Wildman–Crippen MR) is 66.5 cm³/mol. The maximum Gasteiger partial charge on any atom is 0.0521 e. The smallest absolute Gasteiger partial charge is 0.0521 e. The SMILES string of the molecule is Cc1cnn(C)c1C1CCCCC(Br)C1. The zero-order valence-corrected chi connectivity index (χ0v) is 11.1. The molecule has 0 spiro atoms. The van der Waals surface area contributed by atoms with Crippen molar-refractivity contribution in [3.05, 3.63) is 17.5 Å². The lowest BCUT2D eigenvalue weighted by Crippen LogP contribution is -2.10. The molecule has 2 atom stereocenters. The normalized spacial score (nSPS) is 27.7. The summed E-state index contributed by atoms with van der Waals surface area (Å²) in [5.41, 5.74) is 2.80. The molecule has 0 radical (unpaired) electrons. The highest BCUT2D eigenvalue weighted by atomic mass is 79.9. The van der Waals surface area contributed by atoms with Gasteiger partial charge in [0.15, 0.2) is 0 Å². The van der Waals surface area contributed by atoms with E-state index in [1.54, 1.807) is 0 Å². The van der Waals surface area contributed by atoms with Crippen LogP contribution in [-0.2, 0) is 7.05 Å². The maximum absolute atomic E-state index is 4.35. The molecule has 15 heavy (non-hydrogen) atoms. The van der Waals surface area contributed by atoms with Crippen LogP contribution < -0.4 is 0 Å². The first-order valence-corrected chi connectivity index (χ1v) is 6.72. The van der Waals surface area contributed by atoms with Crippen LogP contribution in [0.2, 0.25) is 0 Å². The van der Waals surface area contributed by atoms with Gasteiger partial charge in [0.25, 0.3) is 0 Å². The number of nitrogens with zero attached hydrogens (tertiary/aromatic N) is 2. The molecule has 0 saturated heterocycles. The summed E-state index contributed by atoms with van der Waals surface area (Å²) in [5, 5.41) is 4.35. The van der Waals surface area contributed by atoms with Gasteiger partial charge in [-0.05, 0) is 31.7 Å². The number of halogens is 1. The number of rotatable bonds is 1. The number of aromatic nitrogens is 2. The molecule has 2 rings (SSSR count). The number of hydrogen-bond acceptors (Lipinski definition) is 1. The molecule has 0 N–H and O–H groups in total. The van der Waals surface area contributed by atoms with E-state index in [4.69, 9.17) is 0 Å². The van der Waals surface area contributed by atoms with E-state index in [0.29, 0.717) is 10.7 Å². The molecular formula is C12H19BrN2. The monoisotopic (exact) mass is 270 g/mol. The topological polar surface area (TPSA) is 17.8 Å². The fourth-order valence-electron chi connectivity index (χ4n) is 2.69. The van der Waals surface area contributed by atoms with Gasteiger partial charge in [-0.1, -0.05) is 28.8 Å². The molecule has 1 fully saturated rings. The fourth-order valence-corrected chi connectivity index (χ4v) is 3.47. The van der Waals surface area contributed by atoms with Gasteiger partial charge >= 0.3 is 0 Å². The molecule has 3 heteroatoms. The first-order chi connectivity index (χ1) is 7.18. The van der Waals surface area contributed by atoms with Crippen molar-refractivity contribution in [2.45, 2.75) is 49.8 Å². The maximum atomic E-state index is 4.35. The van der Waals surface area contributed by atoms with Gasteiger partial charge in [0.2, 0.25) is 0 Å². The number of hydrogen-bond donors (Lipinski definition) is 0. The van der Waals surface area contributed by atoms with Crippen molar-refractivity contribution in [2.75, 3.05) is 0 Å². The average Bonchev–Trinajstić information content (AvgIpc) is 2.40. The van der Waals surface area contributed by atoms with Crippen molar-refractivity contribution in [1.29, 1.82) is 0 Å². The molecule has 1 heterocycles. The highest BCUT2D eigenvalue weighted by Gasteiger charge is 2.23. The lowest BCUT2D eigenvalue weighted by atomic mass is 9.94. The first-order valence-electron chi connectivity index (χ1n) is 5.81. The second kappa shape index (κ2) is 4.69. The molecule has 0 amide bonds. The second-order valence-electron chi connectivity index (χ2n) is 4.65. The third-order valence-electron chi connectivity index (χ3n) is 3.42. The molecule has 2 nitrogen and oxygen atoms in total. The quantitative estimate of drug-likeness (QED) is 0.564. The third-order valence-corrected chi connectivity index (χ3v) is 4.26. The van der Waals surface area contributed by atoms with Crippen molar-refractivity contribution in [3.8, 4) is 0 Å². The Morgan fingerprint density at radius 3 is 2.80 bits per heavy atom. The summed E-state index contributed by atoms with van der Waals surface area (Å²) in [6.45, 7) is 2.18. The molecule has 1 aromatic heterocycles. The van der Waals surface area contributed by atoms with Crippen molar-refractivity contribution in [3.63, 3.8) is 0 Å². The van der Waals surface area contributed by atoms with Crippen molar-refractivity contribution < 1.29 is 0 Å². The van der Waals surface area contributed by atoms with Crippen molar-refractivity contribution in [1.82, 2.24) is 9.78 Å². The predicted octanol–water partition coefficient (Wildman–Crippen LogP) is 3.54. The van der Waals surface area contributed by atoms with Crippen LogP contribution in [0.5, 0.6) is 0 Å². The van der Waals surface area contributed by atoms with Crippen LogP contribution in [0.1, 0.15) is 49.3 Å². The molecule has 0 aliphatic heterocycles. The Morgan fingerprint density at radius 2 is 2.13 bits per heavy atom. The molecule has 1 aliphatic rings. The van der Waals surface area contributed by atoms with E-state index in [1.165, 1.54) is 43.4 Å². The van der Waals surface area contributed by atoms with E-state index in [9.17, 15) is 0 Å². The van der Waals surface area contributed by atoms with Gasteiger partial charge < -0.3 is 0 Å². The Morgan fingerprint density at radius 1 is 1.40 bits per heavy atom. The first kappa shape index (κ1) is 11.2. The molecule has 84 valence electrons. The van der Waals surface area contributed by atoms with Crippen LogP contribution in [-0.4, -0.2) is 14.6 Å². The fraction of sp³-hybridized carbons (Fsp3) is 0.750. The van der Waals surface area contributed by atoms with Gasteiger partial charge in [-0.25, -0.2) is 0 Å². The molecule has 0 aromatic carbocycles. The lowest BCUT2D eigenvalue weighted by molar-refractivity contribution is 0.544. The largest absolute Gasteiger partial charge is 0.272 e. The zero-order valence-electron chi connectivity index (χ0n) is 9.54.